The third kappa shape index (κ3) is 4.27. The maximum atomic E-state index is 12.4. The van der Waals surface area contributed by atoms with Gasteiger partial charge in [-0.25, -0.2) is 0 Å². The van der Waals surface area contributed by atoms with Crippen LogP contribution >= 0.6 is 0 Å². The summed E-state index contributed by atoms with van der Waals surface area (Å²) in [5, 5.41) is 14.6. The molecule has 0 radical (unpaired) electrons. The van der Waals surface area contributed by atoms with E-state index in [9.17, 15) is 9.59 Å². The maximum Gasteiger partial charge on any atom is 0.272 e. The summed E-state index contributed by atoms with van der Waals surface area (Å²) in [6.07, 6.45) is 1.60. The van der Waals surface area contributed by atoms with Crippen molar-refractivity contribution in [1.82, 2.24) is 4.57 Å². The van der Waals surface area contributed by atoms with Crippen molar-refractivity contribution in [1.29, 1.82) is 5.26 Å². The summed E-state index contributed by atoms with van der Waals surface area (Å²) in [6.45, 7) is 7.41. The molecule has 2 rings (SSSR count). The van der Waals surface area contributed by atoms with E-state index in [2.05, 4.69) is 10.6 Å². The van der Waals surface area contributed by atoms with E-state index in [0.717, 1.165) is 5.56 Å². The first-order valence-corrected chi connectivity index (χ1v) is 7.91. The molecule has 130 valence electrons. The monoisotopic (exact) mass is 338 g/mol. The van der Waals surface area contributed by atoms with Crippen LogP contribution in [0.4, 0.5) is 11.4 Å². The molecule has 0 saturated carbocycles. The van der Waals surface area contributed by atoms with Crippen LogP contribution in [0.25, 0.3) is 0 Å². The number of rotatable bonds is 3. The Balaban J connectivity index is 2.15. The van der Waals surface area contributed by atoms with Crippen molar-refractivity contribution >= 4 is 23.2 Å². The van der Waals surface area contributed by atoms with Gasteiger partial charge in [0, 0.05) is 30.0 Å². The second kappa shape index (κ2) is 6.81. The number of aromatic nitrogens is 1. The molecular weight excluding hydrogens is 316 g/mol. The van der Waals surface area contributed by atoms with Crippen molar-refractivity contribution in [3.05, 3.63) is 47.3 Å². The van der Waals surface area contributed by atoms with Gasteiger partial charge in [-0.1, -0.05) is 20.8 Å². The van der Waals surface area contributed by atoms with Crippen LogP contribution < -0.4 is 10.6 Å². The Labute approximate surface area is 147 Å². The maximum absolute atomic E-state index is 12.4. The zero-order valence-corrected chi connectivity index (χ0v) is 15.1. The molecule has 1 aromatic heterocycles. The zero-order valence-electron chi connectivity index (χ0n) is 15.1. The molecular formula is C19H22N4O2. The normalized spacial score (nSPS) is 10.9. The molecule has 0 fully saturated rings. The van der Waals surface area contributed by atoms with Gasteiger partial charge in [0.2, 0.25) is 5.91 Å². The summed E-state index contributed by atoms with van der Waals surface area (Å²) in [5.41, 5.74) is 2.53. The molecule has 6 heteroatoms. The van der Waals surface area contributed by atoms with Crippen molar-refractivity contribution in [2.24, 2.45) is 12.5 Å². The predicted molar refractivity (Wildman–Crippen MR) is 97.3 cm³/mol. The van der Waals surface area contributed by atoms with E-state index in [1.54, 1.807) is 42.1 Å². The molecule has 0 atom stereocenters. The quantitative estimate of drug-likeness (QED) is 0.898. The minimum atomic E-state index is -0.482. The van der Waals surface area contributed by atoms with Gasteiger partial charge in [-0.05, 0) is 36.8 Å². The summed E-state index contributed by atoms with van der Waals surface area (Å²) >= 11 is 0. The second-order valence-corrected chi connectivity index (χ2v) is 7.02. The number of amides is 2. The van der Waals surface area contributed by atoms with Gasteiger partial charge < -0.3 is 15.2 Å². The minimum Gasteiger partial charge on any atom is -0.345 e. The molecule has 0 saturated heterocycles. The fraction of sp³-hybridized carbons (Fsp3) is 0.316. The SMILES string of the molecule is Cc1cc(NC(=O)c2cc(C#N)cn2C)ccc1NC(=O)C(C)(C)C. The van der Waals surface area contributed by atoms with Gasteiger partial charge in [0.05, 0.1) is 5.56 Å². The van der Waals surface area contributed by atoms with Crippen molar-refractivity contribution in [3.63, 3.8) is 0 Å². The largest absolute Gasteiger partial charge is 0.345 e. The Hall–Kier alpha value is -3.07. The van der Waals surface area contributed by atoms with Crippen LogP contribution in [-0.4, -0.2) is 16.4 Å². The Kier molecular flexibility index (Phi) is 4.98. The molecule has 1 aromatic carbocycles. The third-order valence-corrected chi connectivity index (χ3v) is 3.78. The lowest BCUT2D eigenvalue weighted by Crippen LogP contribution is -2.27. The molecule has 1 heterocycles. The highest BCUT2D eigenvalue weighted by atomic mass is 16.2. The first-order chi connectivity index (χ1) is 11.6. The third-order valence-electron chi connectivity index (χ3n) is 3.78. The molecule has 0 aliphatic carbocycles. The standard InChI is InChI=1S/C19H22N4O2/c1-12-8-14(6-7-15(12)22-18(25)19(2,3)4)21-17(24)16-9-13(10-20)11-23(16)5/h6-9,11H,1-5H3,(H,21,24)(H,22,25). The van der Waals surface area contributed by atoms with Gasteiger partial charge in [-0.3, -0.25) is 9.59 Å². The van der Waals surface area contributed by atoms with E-state index in [0.29, 0.717) is 22.6 Å². The molecule has 2 N–H and O–H groups in total. The molecule has 2 aromatic rings. The Morgan fingerprint density at radius 2 is 1.84 bits per heavy atom. The van der Waals surface area contributed by atoms with E-state index in [1.807, 2.05) is 33.8 Å². The van der Waals surface area contributed by atoms with Gasteiger partial charge in [-0.2, -0.15) is 5.26 Å². The van der Waals surface area contributed by atoms with Crippen LogP contribution in [0.1, 0.15) is 42.4 Å². The van der Waals surface area contributed by atoms with Gasteiger partial charge in [0.25, 0.3) is 5.91 Å². The van der Waals surface area contributed by atoms with Crippen LogP contribution in [0.15, 0.2) is 30.5 Å². The lowest BCUT2D eigenvalue weighted by molar-refractivity contribution is -0.123. The Morgan fingerprint density at radius 3 is 2.36 bits per heavy atom. The fourth-order valence-electron chi connectivity index (χ4n) is 2.24. The summed E-state index contributed by atoms with van der Waals surface area (Å²) in [4.78, 5) is 24.5. The molecule has 2 amide bonds. The topological polar surface area (TPSA) is 86.9 Å². The van der Waals surface area contributed by atoms with Crippen molar-refractivity contribution < 1.29 is 9.59 Å². The van der Waals surface area contributed by atoms with Crippen molar-refractivity contribution in [3.8, 4) is 6.07 Å². The molecule has 0 aliphatic rings. The van der Waals surface area contributed by atoms with E-state index >= 15 is 0 Å². The van der Waals surface area contributed by atoms with Crippen molar-refractivity contribution in [2.45, 2.75) is 27.7 Å². The molecule has 0 unspecified atom stereocenters. The number of hydrogen-bond donors (Lipinski definition) is 2. The lowest BCUT2D eigenvalue weighted by atomic mass is 9.95. The number of carbonyl (C=O) groups is 2. The molecule has 0 aliphatic heterocycles. The van der Waals surface area contributed by atoms with E-state index in [1.165, 1.54) is 0 Å². The number of nitrogens with zero attached hydrogens (tertiary/aromatic N) is 2. The van der Waals surface area contributed by atoms with Crippen LogP contribution in [0, 0.1) is 23.7 Å². The average Bonchev–Trinajstić information content (AvgIpc) is 2.90. The second-order valence-electron chi connectivity index (χ2n) is 7.02. The zero-order chi connectivity index (χ0) is 18.8. The van der Waals surface area contributed by atoms with Crippen LogP contribution in [0.2, 0.25) is 0 Å². The Bertz CT molecular complexity index is 867. The molecule has 6 nitrogen and oxygen atoms in total. The van der Waals surface area contributed by atoms with Crippen LogP contribution in [-0.2, 0) is 11.8 Å². The van der Waals surface area contributed by atoms with Crippen molar-refractivity contribution in [2.75, 3.05) is 10.6 Å². The molecule has 0 bridgehead atoms. The number of nitrogens with one attached hydrogen (secondary N) is 2. The summed E-state index contributed by atoms with van der Waals surface area (Å²) in [7, 11) is 1.71. The number of benzene rings is 1. The number of anilines is 2. The average molecular weight is 338 g/mol. The van der Waals surface area contributed by atoms with E-state index in [4.69, 9.17) is 5.26 Å². The minimum absolute atomic E-state index is 0.0692. The first-order valence-electron chi connectivity index (χ1n) is 7.91. The number of nitriles is 1. The highest BCUT2D eigenvalue weighted by Crippen LogP contribution is 2.23. The van der Waals surface area contributed by atoms with E-state index < -0.39 is 5.41 Å². The number of carbonyl (C=O) groups excluding carboxylic acids is 2. The summed E-state index contributed by atoms with van der Waals surface area (Å²) in [5.74, 6) is -0.366. The fourth-order valence-corrected chi connectivity index (χ4v) is 2.24. The Morgan fingerprint density at radius 1 is 1.16 bits per heavy atom. The van der Waals surface area contributed by atoms with Gasteiger partial charge in [0.15, 0.2) is 0 Å². The smallest absolute Gasteiger partial charge is 0.272 e. The lowest BCUT2D eigenvalue weighted by Gasteiger charge is -2.19. The molecule has 25 heavy (non-hydrogen) atoms. The van der Waals surface area contributed by atoms with Crippen LogP contribution in [0.3, 0.4) is 0 Å². The number of hydrogen-bond acceptors (Lipinski definition) is 3. The summed E-state index contributed by atoms with van der Waals surface area (Å²) < 4.78 is 1.61. The number of aryl methyl sites for hydroxylation is 2. The van der Waals surface area contributed by atoms with E-state index in [-0.39, 0.29) is 11.8 Å². The van der Waals surface area contributed by atoms with Gasteiger partial charge >= 0.3 is 0 Å². The predicted octanol–water partition coefficient (Wildman–Crippen LogP) is 3.44. The first kappa shape index (κ1) is 18.3. The highest BCUT2D eigenvalue weighted by Gasteiger charge is 2.21. The summed E-state index contributed by atoms with van der Waals surface area (Å²) in [6, 6.07) is 8.85. The van der Waals surface area contributed by atoms with Gasteiger partial charge in [0.1, 0.15) is 11.8 Å². The highest BCUT2D eigenvalue weighted by molar-refractivity contribution is 6.04. The van der Waals surface area contributed by atoms with Gasteiger partial charge in [-0.15, -0.1) is 0 Å². The molecule has 0 spiro atoms. The van der Waals surface area contributed by atoms with Crippen LogP contribution in [0.5, 0.6) is 0 Å².